The number of aromatic nitrogens is 2. The molecule has 0 atom stereocenters. The lowest BCUT2D eigenvalue weighted by atomic mass is 10.1. The van der Waals surface area contributed by atoms with E-state index in [0.29, 0.717) is 24.7 Å². The monoisotopic (exact) mass is 230 g/mol. The number of fused-ring (bicyclic) bond motifs is 1. The average molecular weight is 230 g/mol. The number of hydrogen-bond acceptors (Lipinski definition) is 4. The van der Waals surface area contributed by atoms with Gasteiger partial charge in [0.25, 0.3) is 5.56 Å². The Labute approximate surface area is 97.0 Å². The number of benzene rings is 1. The van der Waals surface area contributed by atoms with Crippen molar-refractivity contribution in [1.82, 2.24) is 9.97 Å². The van der Waals surface area contributed by atoms with Crippen LogP contribution in [0.4, 0.5) is 0 Å². The second-order valence-electron chi connectivity index (χ2n) is 3.67. The molecule has 0 spiro atoms. The minimum Gasteiger partial charge on any atom is -0.486 e. The van der Waals surface area contributed by atoms with E-state index in [1.807, 2.05) is 18.2 Å². The first-order chi connectivity index (χ1) is 8.33. The molecule has 1 aliphatic heterocycles. The van der Waals surface area contributed by atoms with Crippen molar-refractivity contribution in [2.45, 2.75) is 0 Å². The summed E-state index contributed by atoms with van der Waals surface area (Å²) in [5.41, 5.74) is 1.28. The Morgan fingerprint density at radius 3 is 2.76 bits per heavy atom. The summed E-state index contributed by atoms with van der Waals surface area (Å²) in [6.07, 6.45) is 2.84. The fraction of sp³-hybridized carbons (Fsp3) is 0.167. The lowest BCUT2D eigenvalue weighted by molar-refractivity contribution is 0.171. The van der Waals surface area contributed by atoms with Crippen LogP contribution in [0.15, 0.2) is 35.4 Å². The van der Waals surface area contributed by atoms with Crippen LogP contribution in [-0.4, -0.2) is 23.2 Å². The molecule has 1 aliphatic rings. The summed E-state index contributed by atoms with van der Waals surface area (Å²) in [5.74, 6) is 1.42. The first-order valence-corrected chi connectivity index (χ1v) is 5.27. The van der Waals surface area contributed by atoms with E-state index in [1.54, 1.807) is 6.20 Å². The van der Waals surface area contributed by atoms with Crippen molar-refractivity contribution < 1.29 is 9.47 Å². The lowest BCUT2D eigenvalue weighted by Crippen LogP contribution is -2.15. The molecule has 5 nitrogen and oxygen atoms in total. The molecular formula is C12H10N2O3. The summed E-state index contributed by atoms with van der Waals surface area (Å²) in [5, 5.41) is 0. The lowest BCUT2D eigenvalue weighted by Gasteiger charge is -2.18. The first kappa shape index (κ1) is 9.89. The van der Waals surface area contributed by atoms with Crippen LogP contribution in [0.5, 0.6) is 11.5 Å². The van der Waals surface area contributed by atoms with Crippen LogP contribution < -0.4 is 15.0 Å². The van der Waals surface area contributed by atoms with Gasteiger partial charge in [-0.15, -0.1) is 0 Å². The third kappa shape index (κ3) is 1.87. The van der Waals surface area contributed by atoms with E-state index in [2.05, 4.69) is 9.97 Å². The van der Waals surface area contributed by atoms with Crippen molar-refractivity contribution in [3.05, 3.63) is 40.9 Å². The number of hydrogen-bond donors (Lipinski definition) is 1. The highest BCUT2D eigenvalue weighted by Crippen LogP contribution is 2.33. The van der Waals surface area contributed by atoms with Gasteiger partial charge in [0.1, 0.15) is 13.2 Å². The van der Waals surface area contributed by atoms with Gasteiger partial charge >= 0.3 is 0 Å². The second-order valence-corrected chi connectivity index (χ2v) is 3.67. The van der Waals surface area contributed by atoms with Crippen molar-refractivity contribution in [2.24, 2.45) is 0 Å². The smallest absolute Gasteiger partial charge is 0.266 e. The Morgan fingerprint density at radius 1 is 1.12 bits per heavy atom. The van der Waals surface area contributed by atoms with Crippen LogP contribution in [-0.2, 0) is 0 Å². The molecule has 0 aliphatic carbocycles. The van der Waals surface area contributed by atoms with E-state index in [9.17, 15) is 4.79 Å². The van der Waals surface area contributed by atoms with Crippen molar-refractivity contribution >= 4 is 0 Å². The van der Waals surface area contributed by atoms with Gasteiger partial charge in [-0.25, -0.2) is 0 Å². The third-order valence-corrected chi connectivity index (χ3v) is 2.51. The van der Waals surface area contributed by atoms with Crippen molar-refractivity contribution in [2.75, 3.05) is 13.2 Å². The largest absolute Gasteiger partial charge is 0.486 e. The van der Waals surface area contributed by atoms with Gasteiger partial charge in [-0.1, -0.05) is 0 Å². The Bertz CT molecular complexity index is 607. The maximum absolute atomic E-state index is 11.2. The van der Waals surface area contributed by atoms with Crippen molar-refractivity contribution in [3.63, 3.8) is 0 Å². The molecule has 1 N–H and O–H groups in total. The van der Waals surface area contributed by atoms with Crippen LogP contribution in [0.2, 0.25) is 0 Å². The van der Waals surface area contributed by atoms with Gasteiger partial charge in [0.2, 0.25) is 0 Å². The van der Waals surface area contributed by atoms with Crippen LogP contribution in [0.1, 0.15) is 0 Å². The summed E-state index contributed by atoms with van der Waals surface area (Å²) >= 11 is 0. The van der Waals surface area contributed by atoms with Gasteiger partial charge < -0.3 is 14.5 Å². The fourth-order valence-corrected chi connectivity index (χ4v) is 1.73. The van der Waals surface area contributed by atoms with E-state index in [-0.39, 0.29) is 5.56 Å². The minimum atomic E-state index is -0.225. The molecule has 0 amide bonds. The standard InChI is InChI=1S/C12H10N2O3/c15-12-7-13-6-9(14-12)8-1-2-10-11(5-8)17-4-3-16-10/h1-2,5-7H,3-4H2,(H,14,15). The van der Waals surface area contributed by atoms with Gasteiger partial charge in [-0.2, -0.15) is 0 Å². The molecular weight excluding hydrogens is 220 g/mol. The molecule has 0 unspecified atom stereocenters. The predicted octanol–water partition coefficient (Wildman–Crippen LogP) is 1.21. The summed E-state index contributed by atoms with van der Waals surface area (Å²) in [7, 11) is 0. The predicted molar refractivity (Wildman–Crippen MR) is 61.3 cm³/mol. The zero-order chi connectivity index (χ0) is 11.7. The maximum atomic E-state index is 11.2. The molecule has 0 saturated carbocycles. The number of ether oxygens (including phenoxy) is 2. The van der Waals surface area contributed by atoms with Gasteiger partial charge in [0.15, 0.2) is 11.5 Å². The molecule has 0 radical (unpaired) electrons. The molecule has 1 aromatic heterocycles. The van der Waals surface area contributed by atoms with E-state index < -0.39 is 0 Å². The zero-order valence-corrected chi connectivity index (χ0v) is 8.97. The number of nitrogens with zero attached hydrogens (tertiary/aromatic N) is 1. The highest BCUT2D eigenvalue weighted by molar-refractivity contribution is 5.63. The Kier molecular flexibility index (Phi) is 2.29. The highest BCUT2D eigenvalue weighted by Gasteiger charge is 2.12. The first-order valence-electron chi connectivity index (χ1n) is 5.27. The van der Waals surface area contributed by atoms with E-state index >= 15 is 0 Å². The Balaban J connectivity index is 2.07. The molecule has 0 bridgehead atoms. The molecule has 17 heavy (non-hydrogen) atoms. The number of H-pyrrole nitrogens is 1. The molecule has 1 aromatic carbocycles. The van der Waals surface area contributed by atoms with Crippen molar-refractivity contribution in [3.8, 4) is 22.8 Å². The van der Waals surface area contributed by atoms with Crippen molar-refractivity contribution in [1.29, 1.82) is 0 Å². The molecule has 0 fully saturated rings. The summed E-state index contributed by atoms with van der Waals surface area (Å²) in [4.78, 5) is 17.8. The van der Waals surface area contributed by atoms with Crippen LogP contribution >= 0.6 is 0 Å². The van der Waals surface area contributed by atoms with E-state index in [1.165, 1.54) is 6.20 Å². The zero-order valence-electron chi connectivity index (χ0n) is 8.97. The molecule has 5 heteroatoms. The van der Waals surface area contributed by atoms with E-state index in [4.69, 9.17) is 9.47 Å². The molecule has 2 aromatic rings. The SMILES string of the molecule is O=c1cncc(-c2ccc3c(c2)OCCO3)[nH]1. The molecule has 0 saturated heterocycles. The quantitative estimate of drug-likeness (QED) is 0.799. The Hall–Kier alpha value is -2.30. The maximum Gasteiger partial charge on any atom is 0.266 e. The average Bonchev–Trinajstić information content (AvgIpc) is 2.38. The fourth-order valence-electron chi connectivity index (χ4n) is 1.73. The van der Waals surface area contributed by atoms with Crippen LogP contribution in [0.3, 0.4) is 0 Å². The summed E-state index contributed by atoms with van der Waals surface area (Å²) in [6.45, 7) is 1.11. The van der Waals surface area contributed by atoms with Gasteiger partial charge in [-0.05, 0) is 18.2 Å². The normalized spacial score (nSPS) is 13.4. The topological polar surface area (TPSA) is 64.2 Å². The second kappa shape index (κ2) is 3.93. The third-order valence-electron chi connectivity index (χ3n) is 2.51. The summed E-state index contributed by atoms with van der Waals surface area (Å²) in [6, 6.07) is 5.52. The van der Waals surface area contributed by atoms with E-state index in [0.717, 1.165) is 11.3 Å². The number of aromatic amines is 1. The number of rotatable bonds is 1. The van der Waals surface area contributed by atoms with Gasteiger partial charge in [-0.3, -0.25) is 9.78 Å². The van der Waals surface area contributed by atoms with Crippen LogP contribution in [0, 0.1) is 0 Å². The molecule has 86 valence electrons. The minimum absolute atomic E-state index is 0.225. The Morgan fingerprint density at radius 2 is 1.94 bits per heavy atom. The summed E-state index contributed by atoms with van der Waals surface area (Å²) < 4.78 is 10.9. The highest BCUT2D eigenvalue weighted by atomic mass is 16.6. The molecule has 3 rings (SSSR count). The van der Waals surface area contributed by atoms with Gasteiger partial charge in [0, 0.05) is 5.56 Å². The van der Waals surface area contributed by atoms with Gasteiger partial charge in [0.05, 0.1) is 18.1 Å². The van der Waals surface area contributed by atoms with Crippen LogP contribution in [0.25, 0.3) is 11.3 Å². The number of nitrogens with one attached hydrogen (secondary N) is 1. The molecule has 2 heterocycles.